The predicted molar refractivity (Wildman–Crippen MR) is 157 cm³/mol. The van der Waals surface area contributed by atoms with Crippen molar-refractivity contribution in [1.29, 1.82) is 0 Å². The van der Waals surface area contributed by atoms with Crippen molar-refractivity contribution in [2.45, 2.75) is 75.5 Å². The fraction of sp³-hybridized carbons (Fsp3) is 0.517. The Bertz CT molecular complexity index is 1390. The second kappa shape index (κ2) is 12.1. The Morgan fingerprint density at radius 1 is 0.927 bits per heavy atom. The molecule has 3 fully saturated rings. The third kappa shape index (κ3) is 6.98. The molecule has 41 heavy (non-hydrogen) atoms. The molecule has 3 amide bonds. The minimum absolute atomic E-state index is 0.0230. The lowest BCUT2D eigenvalue weighted by atomic mass is 9.96. The van der Waals surface area contributed by atoms with E-state index < -0.39 is 15.7 Å². The van der Waals surface area contributed by atoms with E-state index in [9.17, 15) is 22.8 Å². The summed E-state index contributed by atoms with van der Waals surface area (Å²) in [4.78, 5) is 44.6. The number of piperidine rings is 1. The Morgan fingerprint density at radius 3 is 2.17 bits per heavy atom. The molecule has 1 aromatic heterocycles. The molecule has 2 aromatic rings. The average Bonchev–Trinajstić information content (AvgIpc) is 3.53. The first kappa shape index (κ1) is 28.8. The Hall–Kier alpha value is -3.67. The number of benzene rings is 1. The molecule has 1 saturated carbocycles. The normalized spacial score (nSPS) is 22.4. The molecular formula is C29H38N6O5S. The Balaban J connectivity index is 1.20. The second-order valence-electron chi connectivity index (χ2n) is 11.5. The van der Waals surface area contributed by atoms with Gasteiger partial charge in [-0.05, 0) is 68.9 Å². The summed E-state index contributed by atoms with van der Waals surface area (Å²) < 4.78 is 23.0. The van der Waals surface area contributed by atoms with Gasteiger partial charge in [0.2, 0.25) is 0 Å². The van der Waals surface area contributed by atoms with Crippen molar-refractivity contribution in [3.63, 3.8) is 0 Å². The molecule has 3 heterocycles. The van der Waals surface area contributed by atoms with Gasteiger partial charge in [-0.15, -0.1) is 0 Å². The van der Waals surface area contributed by atoms with Crippen LogP contribution in [0, 0.1) is 0 Å². The molecule has 5 N–H and O–H groups in total. The van der Waals surface area contributed by atoms with Crippen molar-refractivity contribution < 1.29 is 22.8 Å². The number of hydrogen-bond acceptors (Lipinski definition) is 8. The summed E-state index contributed by atoms with van der Waals surface area (Å²) >= 11 is 0. The van der Waals surface area contributed by atoms with Crippen LogP contribution in [0.4, 0.5) is 11.5 Å². The van der Waals surface area contributed by atoms with Crippen LogP contribution in [0.3, 0.4) is 0 Å². The zero-order valence-corrected chi connectivity index (χ0v) is 24.1. The number of anilines is 2. The van der Waals surface area contributed by atoms with Gasteiger partial charge < -0.3 is 26.6 Å². The van der Waals surface area contributed by atoms with Crippen LogP contribution >= 0.6 is 0 Å². The number of sulfone groups is 1. The van der Waals surface area contributed by atoms with Gasteiger partial charge in [0.05, 0.1) is 16.9 Å². The van der Waals surface area contributed by atoms with Crippen molar-refractivity contribution in [2.75, 3.05) is 28.8 Å². The molecule has 12 heteroatoms. The van der Waals surface area contributed by atoms with E-state index in [1.807, 2.05) is 12.1 Å². The number of aromatic nitrogens is 1. The monoisotopic (exact) mass is 582 g/mol. The molecule has 0 radical (unpaired) electrons. The van der Waals surface area contributed by atoms with Crippen LogP contribution in [0.5, 0.6) is 0 Å². The number of hydrogen-bond donors (Lipinski definition) is 4. The summed E-state index contributed by atoms with van der Waals surface area (Å²) in [6.45, 7) is 0.0895. The van der Waals surface area contributed by atoms with Crippen molar-refractivity contribution >= 4 is 39.1 Å². The zero-order chi connectivity index (χ0) is 29.1. The molecule has 3 atom stereocenters. The van der Waals surface area contributed by atoms with Crippen LogP contribution in [0.15, 0.2) is 36.5 Å². The van der Waals surface area contributed by atoms with E-state index >= 15 is 0 Å². The van der Waals surface area contributed by atoms with Gasteiger partial charge in [0.25, 0.3) is 17.7 Å². The van der Waals surface area contributed by atoms with Gasteiger partial charge in [0.1, 0.15) is 15.7 Å². The standard InChI is InChI=1S/C29H38N6O5S/c1-41(39,40)13-12-31-25-14-18(6-10-24(25)27(30)36)28(37)34-21-15-22-8-9-23(16-21)35(22)26-11-7-19(17-32-26)29(38)33-20-4-2-3-5-20/h6-7,10-11,14,17,20-23,31H,2-5,8-9,12-13,15-16H2,1H3,(H2,30,36)(H,33,38)(H,34,37)/t21-,22+,23-. The van der Waals surface area contributed by atoms with Crippen LogP contribution in [0.2, 0.25) is 0 Å². The molecule has 1 aliphatic carbocycles. The van der Waals surface area contributed by atoms with E-state index in [2.05, 4.69) is 25.8 Å². The van der Waals surface area contributed by atoms with Crippen LogP contribution in [0.1, 0.15) is 82.4 Å². The number of amides is 3. The number of carbonyl (C=O) groups is 3. The number of rotatable bonds is 10. The summed E-state index contributed by atoms with van der Waals surface area (Å²) in [7, 11) is -3.20. The fourth-order valence-electron chi connectivity index (χ4n) is 6.37. The van der Waals surface area contributed by atoms with Crippen molar-refractivity contribution in [1.82, 2.24) is 15.6 Å². The first-order valence-corrected chi connectivity index (χ1v) is 16.3. The summed E-state index contributed by atoms with van der Waals surface area (Å²) in [5, 5.41) is 9.18. The molecule has 11 nitrogen and oxygen atoms in total. The van der Waals surface area contributed by atoms with E-state index in [1.165, 1.54) is 12.1 Å². The highest BCUT2D eigenvalue weighted by Gasteiger charge is 2.42. The predicted octanol–water partition coefficient (Wildman–Crippen LogP) is 2.24. The summed E-state index contributed by atoms with van der Waals surface area (Å²) in [6.07, 6.45) is 10.7. The zero-order valence-electron chi connectivity index (χ0n) is 23.3. The number of pyridine rings is 1. The summed E-state index contributed by atoms with van der Waals surface area (Å²) in [6, 6.07) is 9.04. The minimum atomic E-state index is -3.20. The smallest absolute Gasteiger partial charge is 0.253 e. The average molecular weight is 583 g/mol. The highest BCUT2D eigenvalue weighted by atomic mass is 32.2. The first-order chi connectivity index (χ1) is 19.6. The highest BCUT2D eigenvalue weighted by Crippen LogP contribution is 2.38. The van der Waals surface area contributed by atoms with Crippen LogP contribution < -0.4 is 26.6 Å². The Labute approximate surface area is 240 Å². The number of carbonyl (C=O) groups excluding carboxylic acids is 3. The third-order valence-electron chi connectivity index (χ3n) is 8.37. The Kier molecular flexibility index (Phi) is 8.48. The maximum Gasteiger partial charge on any atom is 0.253 e. The topological polar surface area (TPSA) is 164 Å². The number of nitrogens with zero attached hydrogens (tertiary/aromatic N) is 2. The quantitative estimate of drug-likeness (QED) is 0.331. The van der Waals surface area contributed by atoms with E-state index in [-0.39, 0.29) is 53.8 Å². The van der Waals surface area contributed by atoms with Crippen molar-refractivity contribution in [2.24, 2.45) is 5.73 Å². The highest BCUT2D eigenvalue weighted by molar-refractivity contribution is 7.90. The van der Waals surface area contributed by atoms with E-state index in [0.29, 0.717) is 16.8 Å². The SMILES string of the molecule is CS(=O)(=O)CCNc1cc(C(=O)N[C@H]2C[C@H]3CC[C@@H](C2)N3c2ccc(C(=O)NC3CCCC3)cn2)ccc1C(N)=O. The molecule has 5 rings (SSSR count). The lowest BCUT2D eigenvalue weighted by Gasteiger charge is -2.40. The molecule has 0 unspecified atom stereocenters. The fourth-order valence-corrected chi connectivity index (χ4v) is 6.84. The van der Waals surface area contributed by atoms with Crippen LogP contribution in [-0.4, -0.2) is 73.8 Å². The minimum Gasteiger partial charge on any atom is -0.383 e. The van der Waals surface area contributed by atoms with Gasteiger partial charge in [0, 0.05) is 54.4 Å². The second-order valence-corrected chi connectivity index (χ2v) is 13.7. The maximum absolute atomic E-state index is 13.2. The Morgan fingerprint density at radius 2 is 1.56 bits per heavy atom. The molecular weight excluding hydrogens is 544 g/mol. The van der Waals surface area contributed by atoms with Crippen LogP contribution in [0.25, 0.3) is 0 Å². The molecule has 220 valence electrons. The van der Waals surface area contributed by atoms with Gasteiger partial charge in [0.15, 0.2) is 0 Å². The third-order valence-corrected chi connectivity index (χ3v) is 9.31. The maximum atomic E-state index is 13.2. The molecule has 3 aliphatic rings. The van der Waals surface area contributed by atoms with Gasteiger partial charge in [-0.1, -0.05) is 12.8 Å². The summed E-state index contributed by atoms with van der Waals surface area (Å²) in [5.74, 6) is -0.266. The number of nitrogens with one attached hydrogen (secondary N) is 3. The molecule has 2 saturated heterocycles. The van der Waals surface area contributed by atoms with Gasteiger partial charge >= 0.3 is 0 Å². The van der Waals surface area contributed by atoms with E-state index in [1.54, 1.807) is 12.3 Å². The van der Waals surface area contributed by atoms with Crippen LogP contribution in [-0.2, 0) is 9.84 Å². The summed E-state index contributed by atoms with van der Waals surface area (Å²) in [5.41, 5.74) is 6.93. The molecule has 1 aromatic carbocycles. The van der Waals surface area contributed by atoms with Gasteiger partial charge in [-0.3, -0.25) is 14.4 Å². The lowest BCUT2D eigenvalue weighted by Crippen LogP contribution is -2.50. The first-order valence-electron chi connectivity index (χ1n) is 14.3. The molecule has 2 bridgehead atoms. The van der Waals surface area contributed by atoms with Crippen molar-refractivity contribution in [3.8, 4) is 0 Å². The number of fused-ring (bicyclic) bond motifs is 2. The van der Waals surface area contributed by atoms with E-state index in [4.69, 9.17) is 5.73 Å². The van der Waals surface area contributed by atoms with Crippen molar-refractivity contribution in [3.05, 3.63) is 53.2 Å². The van der Waals surface area contributed by atoms with E-state index in [0.717, 1.165) is 63.4 Å². The molecule has 2 aliphatic heterocycles. The number of nitrogens with two attached hydrogens (primary N) is 1. The number of primary amides is 1. The molecule has 0 spiro atoms. The largest absolute Gasteiger partial charge is 0.383 e. The lowest BCUT2D eigenvalue weighted by molar-refractivity contribution is 0.0922. The van der Waals surface area contributed by atoms with Gasteiger partial charge in [-0.25, -0.2) is 13.4 Å². The van der Waals surface area contributed by atoms with Gasteiger partial charge in [-0.2, -0.15) is 0 Å².